The summed E-state index contributed by atoms with van der Waals surface area (Å²) in [5.74, 6) is -2.85. The number of ether oxygens (including phenoxy) is 1. The Morgan fingerprint density at radius 2 is 2.14 bits per heavy atom. The quantitative estimate of drug-likeness (QED) is 0.617. The van der Waals surface area contributed by atoms with Gasteiger partial charge >= 0.3 is 5.97 Å². The highest BCUT2D eigenvalue weighted by Gasteiger charge is 2.48. The second-order valence-electron chi connectivity index (χ2n) is 6.36. The van der Waals surface area contributed by atoms with Crippen LogP contribution in [0.15, 0.2) is 30.3 Å². The highest BCUT2D eigenvalue weighted by atomic mass is 35.5. The molecular formula is C18H11Cl2FN2O4S. The monoisotopic (exact) mass is 440 g/mol. The van der Waals surface area contributed by atoms with Crippen molar-refractivity contribution in [2.45, 2.75) is 18.9 Å². The van der Waals surface area contributed by atoms with Crippen molar-refractivity contribution >= 4 is 67.5 Å². The lowest BCUT2D eigenvalue weighted by Gasteiger charge is -2.38. The SMILES string of the molecule is CC1(CC(=O)O)Oc2c(F)cccc2N(c2nc3cc(Cl)cc(Cl)c3s2)C1=O. The van der Waals surface area contributed by atoms with Gasteiger partial charge in [0.05, 0.1) is 27.3 Å². The van der Waals surface area contributed by atoms with E-state index >= 15 is 0 Å². The molecule has 0 fully saturated rings. The van der Waals surface area contributed by atoms with Crippen molar-refractivity contribution in [1.82, 2.24) is 4.98 Å². The van der Waals surface area contributed by atoms with Crippen LogP contribution in [0.2, 0.25) is 10.0 Å². The van der Waals surface area contributed by atoms with Crippen molar-refractivity contribution in [2.75, 3.05) is 4.90 Å². The number of carboxylic acid groups (broad SMARTS) is 1. The van der Waals surface area contributed by atoms with Gasteiger partial charge in [-0.25, -0.2) is 14.3 Å². The average molecular weight is 441 g/mol. The Hall–Kier alpha value is -2.42. The number of hydrogen-bond donors (Lipinski definition) is 1. The highest BCUT2D eigenvalue weighted by Crippen LogP contribution is 2.47. The van der Waals surface area contributed by atoms with Crippen LogP contribution in [-0.4, -0.2) is 27.6 Å². The van der Waals surface area contributed by atoms with E-state index in [-0.39, 0.29) is 16.6 Å². The number of anilines is 2. The molecule has 2 heterocycles. The van der Waals surface area contributed by atoms with Crippen LogP contribution < -0.4 is 9.64 Å². The number of carbonyl (C=O) groups excluding carboxylic acids is 1. The number of carboxylic acids is 1. The summed E-state index contributed by atoms with van der Waals surface area (Å²) in [5, 5.41) is 10.2. The number of carbonyl (C=O) groups is 2. The lowest BCUT2D eigenvalue weighted by Crippen LogP contribution is -2.54. The Bertz CT molecular complexity index is 1150. The molecule has 28 heavy (non-hydrogen) atoms. The molecule has 1 atom stereocenters. The number of hydrogen-bond acceptors (Lipinski definition) is 5. The number of halogens is 3. The number of amides is 1. The Labute approximate surface area is 172 Å². The Morgan fingerprint density at radius 1 is 1.39 bits per heavy atom. The van der Waals surface area contributed by atoms with E-state index < -0.39 is 29.7 Å². The van der Waals surface area contributed by atoms with Gasteiger partial charge in [-0.2, -0.15) is 0 Å². The van der Waals surface area contributed by atoms with Gasteiger partial charge in [0.1, 0.15) is 0 Å². The first kappa shape index (κ1) is 18.9. The van der Waals surface area contributed by atoms with Gasteiger partial charge in [0.2, 0.25) is 0 Å². The molecule has 4 rings (SSSR count). The van der Waals surface area contributed by atoms with E-state index in [2.05, 4.69) is 4.98 Å². The van der Waals surface area contributed by atoms with Gasteiger partial charge < -0.3 is 9.84 Å². The van der Waals surface area contributed by atoms with Gasteiger partial charge in [0.15, 0.2) is 22.3 Å². The smallest absolute Gasteiger partial charge is 0.307 e. The van der Waals surface area contributed by atoms with E-state index in [1.165, 1.54) is 30.0 Å². The minimum absolute atomic E-state index is 0.133. The molecule has 0 spiro atoms. The number of thiazole rings is 1. The van der Waals surface area contributed by atoms with Gasteiger partial charge in [0.25, 0.3) is 5.91 Å². The molecule has 1 N–H and O–H groups in total. The fourth-order valence-corrected chi connectivity index (χ4v) is 4.59. The van der Waals surface area contributed by atoms with Gasteiger partial charge in [0, 0.05) is 5.02 Å². The number of para-hydroxylation sites is 1. The van der Waals surface area contributed by atoms with Crippen LogP contribution in [0.1, 0.15) is 13.3 Å². The van der Waals surface area contributed by atoms with Crippen LogP contribution in [0.3, 0.4) is 0 Å². The van der Waals surface area contributed by atoms with Crippen molar-refractivity contribution in [3.8, 4) is 5.75 Å². The second-order valence-corrected chi connectivity index (χ2v) is 8.19. The van der Waals surface area contributed by atoms with E-state index in [1.54, 1.807) is 12.1 Å². The van der Waals surface area contributed by atoms with Crippen LogP contribution in [0.4, 0.5) is 15.2 Å². The molecule has 1 amide bonds. The molecule has 6 nitrogen and oxygen atoms in total. The van der Waals surface area contributed by atoms with E-state index in [0.717, 1.165) is 11.3 Å². The largest absolute Gasteiger partial charge is 0.481 e. The average Bonchev–Trinajstić information content (AvgIpc) is 3.00. The number of benzene rings is 2. The Balaban J connectivity index is 1.94. The molecule has 3 aromatic rings. The molecule has 144 valence electrons. The summed E-state index contributed by atoms with van der Waals surface area (Å²) in [7, 11) is 0. The molecule has 0 saturated heterocycles. The minimum atomic E-state index is -1.81. The maximum Gasteiger partial charge on any atom is 0.307 e. The summed E-state index contributed by atoms with van der Waals surface area (Å²) < 4.78 is 20.5. The van der Waals surface area contributed by atoms with Gasteiger partial charge in [-0.1, -0.05) is 40.6 Å². The standard InChI is InChI=1S/C18H11Cl2FN2O4S/c1-18(7-13(24)25)16(26)23(12-4-2-3-10(21)14(12)27-18)17-22-11-6-8(19)5-9(20)15(11)28-17/h2-6H,7H2,1H3,(H,24,25). The van der Waals surface area contributed by atoms with Crippen molar-refractivity contribution in [3.05, 3.63) is 46.2 Å². The van der Waals surface area contributed by atoms with Crippen LogP contribution in [-0.2, 0) is 9.59 Å². The molecule has 0 saturated carbocycles. The van der Waals surface area contributed by atoms with Gasteiger partial charge in [-0.05, 0) is 31.2 Å². The third-order valence-corrected chi connectivity index (χ3v) is 5.97. The molecule has 2 aromatic carbocycles. The minimum Gasteiger partial charge on any atom is -0.481 e. The first-order chi connectivity index (χ1) is 13.2. The Kier molecular flexibility index (Phi) is 4.45. The van der Waals surface area contributed by atoms with Crippen molar-refractivity contribution in [3.63, 3.8) is 0 Å². The second kappa shape index (κ2) is 6.58. The topological polar surface area (TPSA) is 79.7 Å². The van der Waals surface area contributed by atoms with E-state index in [0.29, 0.717) is 20.3 Å². The maximum absolute atomic E-state index is 14.4. The third kappa shape index (κ3) is 2.97. The number of nitrogens with zero attached hydrogens (tertiary/aromatic N) is 2. The van der Waals surface area contributed by atoms with E-state index in [1.807, 2.05) is 0 Å². The summed E-state index contributed by atoms with van der Waals surface area (Å²) >= 11 is 13.3. The maximum atomic E-state index is 14.4. The summed E-state index contributed by atoms with van der Waals surface area (Å²) in [6, 6.07) is 7.24. The number of aliphatic carboxylic acids is 1. The van der Waals surface area contributed by atoms with Crippen LogP contribution in [0.25, 0.3) is 10.2 Å². The van der Waals surface area contributed by atoms with Crippen molar-refractivity contribution in [2.24, 2.45) is 0 Å². The third-order valence-electron chi connectivity index (χ3n) is 4.25. The lowest BCUT2D eigenvalue weighted by atomic mass is 9.97. The predicted molar refractivity (Wildman–Crippen MR) is 104 cm³/mol. The number of fused-ring (bicyclic) bond motifs is 2. The lowest BCUT2D eigenvalue weighted by molar-refractivity contribution is -0.148. The number of rotatable bonds is 3. The van der Waals surface area contributed by atoms with E-state index in [4.69, 9.17) is 27.9 Å². The molecule has 1 aromatic heterocycles. The molecule has 0 radical (unpaired) electrons. The van der Waals surface area contributed by atoms with Crippen LogP contribution >= 0.6 is 34.5 Å². The zero-order chi connectivity index (χ0) is 20.2. The molecular weight excluding hydrogens is 430 g/mol. The van der Waals surface area contributed by atoms with Crippen molar-refractivity contribution in [1.29, 1.82) is 0 Å². The molecule has 10 heteroatoms. The first-order valence-corrected chi connectivity index (χ1v) is 9.56. The van der Waals surface area contributed by atoms with Gasteiger partial charge in [-0.15, -0.1) is 0 Å². The predicted octanol–water partition coefficient (Wildman–Crippen LogP) is 5.03. The Morgan fingerprint density at radius 3 is 2.86 bits per heavy atom. The fraction of sp³-hybridized carbons (Fsp3) is 0.167. The van der Waals surface area contributed by atoms with Gasteiger partial charge in [-0.3, -0.25) is 9.59 Å². The van der Waals surface area contributed by atoms with Crippen LogP contribution in [0.5, 0.6) is 5.75 Å². The fourth-order valence-electron chi connectivity index (χ4n) is 3.02. The van der Waals surface area contributed by atoms with Crippen LogP contribution in [0, 0.1) is 5.82 Å². The molecule has 0 aliphatic carbocycles. The zero-order valence-electron chi connectivity index (χ0n) is 14.2. The summed E-state index contributed by atoms with van der Waals surface area (Å²) in [6.07, 6.45) is -0.645. The first-order valence-electron chi connectivity index (χ1n) is 7.99. The normalized spacial score (nSPS) is 18.9. The molecule has 1 aliphatic heterocycles. The summed E-state index contributed by atoms with van der Waals surface area (Å²) in [5.41, 5.74) is -1.20. The van der Waals surface area contributed by atoms with E-state index in [9.17, 15) is 19.1 Å². The molecule has 0 bridgehead atoms. The summed E-state index contributed by atoms with van der Waals surface area (Å²) in [4.78, 5) is 30.1. The summed E-state index contributed by atoms with van der Waals surface area (Å²) in [6.45, 7) is 1.31. The number of aromatic nitrogens is 1. The highest BCUT2D eigenvalue weighted by molar-refractivity contribution is 7.23. The van der Waals surface area contributed by atoms with Crippen molar-refractivity contribution < 1.29 is 23.8 Å². The molecule has 1 unspecified atom stereocenters. The molecule has 1 aliphatic rings. The zero-order valence-corrected chi connectivity index (χ0v) is 16.5.